The van der Waals surface area contributed by atoms with Crippen molar-refractivity contribution in [3.63, 3.8) is 0 Å². The van der Waals surface area contributed by atoms with Crippen LogP contribution in [0.3, 0.4) is 0 Å². The van der Waals surface area contributed by atoms with Gasteiger partial charge in [-0.05, 0) is 29.3 Å². The van der Waals surface area contributed by atoms with E-state index in [0.717, 1.165) is 37.5 Å². The monoisotopic (exact) mass is 310 g/mol. The molecular weight excluding hydrogens is 292 g/mol. The number of hydrogen-bond acceptors (Lipinski definition) is 5. The average molecular weight is 310 g/mol. The highest BCUT2D eigenvalue weighted by atomic mass is 16.5. The van der Waals surface area contributed by atoms with Crippen LogP contribution in [-0.2, 0) is 6.54 Å². The lowest BCUT2D eigenvalue weighted by molar-refractivity contribution is 0.246. The van der Waals surface area contributed by atoms with Crippen LogP contribution >= 0.6 is 0 Å². The summed E-state index contributed by atoms with van der Waals surface area (Å²) in [5.41, 5.74) is 3.57. The van der Waals surface area contributed by atoms with Gasteiger partial charge in [0.15, 0.2) is 5.76 Å². The lowest BCUT2D eigenvalue weighted by atomic mass is 9.99. The summed E-state index contributed by atoms with van der Waals surface area (Å²) in [6, 6.07) is 5.93. The van der Waals surface area contributed by atoms with Gasteiger partial charge in [-0.2, -0.15) is 0 Å². The number of pyridine rings is 1. The zero-order valence-electron chi connectivity index (χ0n) is 13.0. The van der Waals surface area contributed by atoms with Gasteiger partial charge >= 0.3 is 0 Å². The normalized spacial score (nSPS) is 15.8. The Morgan fingerprint density at radius 2 is 2.39 bits per heavy atom. The molecule has 1 aliphatic heterocycles. The lowest BCUT2D eigenvalue weighted by Gasteiger charge is -2.25. The van der Waals surface area contributed by atoms with Gasteiger partial charge in [0.25, 0.3) is 5.88 Å². The summed E-state index contributed by atoms with van der Waals surface area (Å²) >= 11 is 0. The van der Waals surface area contributed by atoms with Crippen molar-refractivity contribution in [3.8, 4) is 5.88 Å². The fourth-order valence-electron chi connectivity index (χ4n) is 3.01. The van der Waals surface area contributed by atoms with Gasteiger partial charge in [0.1, 0.15) is 5.65 Å². The number of rotatable bonds is 4. The Morgan fingerprint density at radius 3 is 3.17 bits per heavy atom. The summed E-state index contributed by atoms with van der Waals surface area (Å²) in [5, 5.41) is 5.03. The van der Waals surface area contributed by atoms with Crippen molar-refractivity contribution in [2.75, 3.05) is 20.2 Å². The molecule has 0 saturated heterocycles. The van der Waals surface area contributed by atoms with E-state index in [-0.39, 0.29) is 0 Å². The summed E-state index contributed by atoms with van der Waals surface area (Å²) in [6.07, 6.45) is 7.16. The second kappa shape index (κ2) is 5.89. The maximum absolute atomic E-state index is 5.26. The molecule has 0 atom stereocenters. The summed E-state index contributed by atoms with van der Waals surface area (Å²) < 4.78 is 10.3. The fourth-order valence-corrected chi connectivity index (χ4v) is 3.01. The van der Waals surface area contributed by atoms with E-state index in [1.165, 1.54) is 16.5 Å². The maximum Gasteiger partial charge on any atom is 0.254 e. The van der Waals surface area contributed by atoms with Crippen molar-refractivity contribution >= 4 is 16.6 Å². The zero-order valence-corrected chi connectivity index (χ0v) is 13.0. The fraction of sp³-hybridized carbons (Fsp3) is 0.294. The molecule has 1 N–H and O–H groups in total. The molecule has 6 nitrogen and oxygen atoms in total. The minimum atomic E-state index is 0.527. The summed E-state index contributed by atoms with van der Waals surface area (Å²) in [6.45, 7) is 2.63. The van der Waals surface area contributed by atoms with Gasteiger partial charge in [0, 0.05) is 42.5 Å². The number of aromatic amines is 1. The molecule has 0 amide bonds. The number of methoxy groups -OCH3 is 1. The molecule has 0 spiro atoms. The van der Waals surface area contributed by atoms with Crippen molar-refractivity contribution in [3.05, 3.63) is 48.0 Å². The first kappa shape index (κ1) is 14.0. The van der Waals surface area contributed by atoms with Crippen molar-refractivity contribution in [1.29, 1.82) is 0 Å². The van der Waals surface area contributed by atoms with Crippen LogP contribution < -0.4 is 4.74 Å². The third kappa shape index (κ3) is 2.73. The van der Waals surface area contributed by atoms with E-state index in [4.69, 9.17) is 9.26 Å². The van der Waals surface area contributed by atoms with Crippen molar-refractivity contribution in [2.45, 2.75) is 13.0 Å². The van der Waals surface area contributed by atoms with Gasteiger partial charge in [0.2, 0.25) is 0 Å². The Bertz CT molecular complexity index is 849. The van der Waals surface area contributed by atoms with Gasteiger partial charge in [0.05, 0.1) is 13.7 Å². The molecule has 0 radical (unpaired) electrons. The minimum absolute atomic E-state index is 0.527. The van der Waals surface area contributed by atoms with E-state index in [1.807, 2.05) is 18.3 Å². The van der Waals surface area contributed by atoms with Crippen molar-refractivity contribution < 1.29 is 9.26 Å². The second-order valence-electron chi connectivity index (χ2n) is 5.65. The summed E-state index contributed by atoms with van der Waals surface area (Å²) in [4.78, 5) is 9.93. The van der Waals surface area contributed by atoms with E-state index in [0.29, 0.717) is 5.88 Å². The number of hydrogen-bond donors (Lipinski definition) is 1. The Balaban J connectivity index is 1.48. The van der Waals surface area contributed by atoms with Crippen molar-refractivity contribution in [1.82, 2.24) is 20.0 Å². The van der Waals surface area contributed by atoms with E-state index in [9.17, 15) is 0 Å². The lowest BCUT2D eigenvalue weighted by Crippen LogP contribution is -2.27. The minimum Gasteiger partial charge on any atom is -0.479 e. The number of nitrogens with zero attached hydrogens (tertiary/aromatic N) is 3. The number of nitrogens with one attached hydrogen (secondary N) is 1. The standard InChI is InChI=1S/C17H18N4O2/c1-22-16-9-13(23-20-16)11-21-7-4-12(5-8-21)15-10-19-17-14(15)3-2-6-18-17/h2-4,6,9-10H,5,7-8,11H2,1H3,(H,18,19). The molecule has 1 aliphatic rings. The number of ether oxygens (including phenoxy) is 1. The quantitative estimate of drug-likeness (QED) is 0.802. The third-order valence-corrected chi connectivity index (χ3v) is 4.22. The topological polar surface area (TPSA) is 67.2 Å². The molecule has 0 bridgehead atoms. The molecule has 118 valence electrons. The smallest absolute Gasteiger partial charge is 0.254 e. The molecule has 0 saturated carbocycles. The first-order valence-electron chi connectivity index (χ1n) is 7.67. The Kier molecular flexibility index (Phi) is 3.59. The Hall–Kier alpha value is -2.60. The molecule has 4 heterocycles. The molecule has 6 heteroatoms. The molecule has 0 aliphatic carbocycles. The van der Waals surface area contributed by atoms with Crippen LogP contribution in [0.5, 0.6) is 5.88 Å². The first-order chi connectivity index (χ1) is 11.3. The largest absolute Gasteiger partial charge is 0.479 e. The van der Waals surface area contributed by atoms with Crippen LogP contribution in [0.1, 0.15) is 17.7 Å². The van der Waals surface area contributed by atoms with Gasteiger partial charge in [-0.15, -0.1) is 0 Å². The van der Waals surface area contributed by atoms with Crippen LogP contribution in [0.25, 0.3) is 16.6 Å². The van der Waals surface area contributed by atoms with Gasteiger partial charge in [-0.25, -0.2) is 4.98 Å². The van der Waals surface area contributed by atoms with E-state index in [2.05, 4.69) is 38.4 Å². The first-order valence-corrected chi connectivity index (χ1v) is 7.67. The molecule has 0 fully saturated rings. The predicted octanol–water partition coefficient (Wildman–Crippen LogP) is 2.85. The van der Waals surface area contributed by atoms with Gasteiger partial charge in [-0.1, -0.05) is 6.08 Å². The van der Waals surface area contributed by atoms with Crippen LogP contribution in [0.2, 0.25) is 0 Å². The highest BCUT2D eigenvalue weighted by molar-refractivity contribution is 5.90. The third-order valence-electron chi connectivity index (χ3n) is 4.22. The molecule has 23 heavy (non-hydrogen) atoms. The van der Waals surface area contributed by atoms with Crippen LogP contribution in [0, 0.1) is 0 Å². The Labute approximate surface area is 133 Å². The van der Waals surface area contributed by atoms with E-state index >= 15 is 0 Å². The zero-order chi connectivity index (χ0) is 15.6. The highest BCUT2D eigenvalue weighted by Crippen LogP contribution is 2.28. The molecule has 0 unspecified atom stereocenters. The molecular formula is C17H18N4O2. The number of aromatic nitrogens is 3. The molecule has 3 aromatic heterocycles. The van der Waals surface area contributed by atoms with Crippen LogP contribution in [-0.4, -0.2) is 40.2 Å². The summed E-state index contributed by atoms with van der Waals surface area (Å²) in [5.74, 6) is 1.36. The Morgan fingerprint density at radius 1 is 1.43 bits per heavy atom. The average Bonchev–Trinajstić information content (AvgIpc) is 3.22. The number of fused-ring (bicyclic) bond motifs is 1. The molecule has 0 aromatic carbocycles. The SMILES string of the molecule is COc1cc(CN2CC=C(c3c[nH]c4ncccc34)CC2)on1. The molecule has 3 aromatic rings. The van der Waals surface area contributed by atoms with Gasteiger partial charge in [-0.3, -0.25) is 4.90 Å². The van der Waals surface area contributed by atoms with E-state index < -0.39 is 0 Å². The van der Waals surface area contributed by atoms with Crippen LogP contribution in [0.15, 0.2) is 41.2 Å². The van der Waals surface area contributed by atoms with Gasteiger partial charge < -0.3 is 14.2 Å². The van der Waals surface area contributed by atoms with E-state index in [1.54, 1.807) is 7.11 Å². The molecule has 4 rings (SSSR count). The highest BCUT2D eigenvalue weighted by Gasteiger charge is 2.17. The van der Waals surface area contributed by atoms with Crippen molar-refractivity contribution in [2.24, 2.45) is 0 Å². The van der Waals surface area contributed by atoms with Crippen LogP contribution in [0.4, 0.5) is 0 Å². The summed E-state index contributed by atoms with van der Waals surface area (Å²) in [7, 11) is 1.59. The second-order valence-corrected chi connectivity index (χ2v) is 5.65. The number of H-pyrrole nitrogens is 1. The maximum atomic E-state index is 5.26. The predicted molar refractivity (Wildman–Crippen MR) is 87.0 cm³/mol.